The molecule has 0 aliphatic carbocycles. The fourth-order valence-corrected chi connectivity index (χ4v) is 2.89. The Labute approximate surface area is 155 Å². The summed E-state index contributed by atoms with van der Waals surface area (Å²) < 4.78 is 7.07. The smallest absolute Gasteiger partial charge is 0.226 e. The van der Waals surface area contributed by atoms with Gasteiger partial charge in [-0.3, -0.25) is 9.67 Å². The first-order valence-electron chi connectivity index (χ1n) is 9.23. The van der Waals surface area contributed by atoms with E-state index < -0.39 is 0 Å². The van der Waals surface area contributed by atoms with Gasteiger partial charge in [0.15, 0.2) is 11.8 Å². The predicted molar refractivity (Wildman–Crippen MR) is 102 cm³/mol. The van der Waals surface area contributed by atoms with Crippen LogP contribution < -0.4 is 10.6 Å². The van der Waals surface area contributed by atoms with Crippen LogP contribution in [0.4, 0.5) is 0 Å². The van der Waals surface area contributed by atoms with Gasteiger partial charge in [0.2, 0.25) is 5.89 Å². The fourth-order valence-electron chi connectivity index (χ4n) is 2.89. The van der Waals surface area contributed by atoms with Crippen molar-refractivity contribution in [1.82, 2.24) is 30.6 Å². The van der Waals surface area contributed by atoms with Crippen molar-refractivity contribution < 1.29 is 4.52 Å². The number of rotatable bonds is 8. The maximum Gasteiger partial charge on any atom is 0.226 e. The van der Waals surface area contributed by atoms with Gasteiger partial charge >= 0.3 is 0 Å². The molecule has 0 aromatic carbocycles. The second kappa shape index (κ2) is 9.35. The zero-order valence-electron chi connectivity index (χ0n) is 16.8. The van der Waals surface area contributed by atoms with Crippen LogP contribution >= 0.6 is 0 Å². The van der Waals surface area contributed by atoms with Gasteiger partial charge in [-0.25, -0.2) is 0 Å². The molecule has 2 aromatic rings. The van der Waals surface area contributed by atoms with Crippen molar-refractivity contribution in [3.05, 3.63) is 28.7 Å². The lowest BCUT2D eigenvalue weighted by Gasteiger charge is -2.18. The second-order valence-electron chi connectivity index (χ2n) is 6.62. The molecule has 0 radical (unpaired) electrons. The van der Waals surface area contributed by atoms with E-state index in [1.807, 2.05) is 18.7 Å². The number of aryl methyl sites for hydroxylation is 4. The van der Waals surface area contributed by atoms with Crippen LogP contribution in [0.2, 0.25) is 0 Å². The average Bonchev–Trinajstić information content (AvgIpc) is 3.10. The Balaban J connectivity index is 1.87. The third-order valence-electron chi connectivity index (χ3n) is 4.28. The monoisotopic (exact) mass is 361 g/mol. The lowest BCUT2D eigenvalue weighted by molar-refractivity contribution is 0.372. The molecular weight excluding hydrogens is 330 g/mol. The Morgan fingerprint density at radius 2 is 2.08 bits per heavy atom. The minimum atomic E-state index is 0.257. The van der Waals surface area contributed by atoms with Crippen LogP contribution in [0, 0.1) is 20.8 Å². The molecule has 2 N–H and O–H groups in total. The van der Waals surface area contributed by atoms with Crippen molar-refractivity contribution in [1.29, 1.82) is 0 Å². The van der Waals surface area contributed by atoms with Crippen molar-refractivity contribution in [3.63, 3.8) is 0 Å². The summed E-state index contributed by atoms with van der Waals surface area (Å²) in [5, 5.41) is 15.1. The van der Waals surface area contributed by atoms with E-state index in [1.54, 1.807) is 0 Å². The maximum atomic E-state index is 5.13. The number of guanidine groups is 1. The molecule has 2 aromatic heterocycles. The van der Waals surface area contributed by atoms with Crippen LogP contribution in [0.5, 0.6) is 0 Å². The number of nitrogens with one attached hydrogen (secondary N) is 2. The summed E-state index contributed by atoms with van der Waals surface area (Å²) in [5.41, 5.74) is 3.61. The number of hydrogen-bond donors (Lipinski definition) is 2. The highest BCUT2D eigenvalue weighted by Crippen LogP contribution is 2.14. The van der Waals surface area contributed by atoms with E-state index in [4.69, 9.17) is 4.52 Å². The van der Waals surface area contributed by atoms with Crippen molar-refractivity contribution >= 4 is 5.96 Å². The summed E-state index contributed by atoms with van der Waals surface area (Å²) in [6.45, 7) is 11.8. The molecule has 2 heterocycles. The molecular formula is C18H31N7O. The standard InChI is InChI=1S/C18H31N7O/c1-7-19-18(20-10-8-9-17-22-15(5)24-26-17)21-12(2)11-16-13(3)23-25(6)14(16)4/h12H,7-11H2,1-6H3,(H2,19,20,21). The van der Waals surface area contributed by atoms with Crippen LogP contribution in [0.25, 0.3) is 0 Å². The maximum absolute atomic E-state index is 5.13. The highest BCUT2D eigenvalue weighted by atomic mass is 16.5. The van der Waals surface area contributed by atoms with Crippen LogP contribution in [0.1, 0.15) is 48.9 Å². The Morgan fingerprint density at radius 3 is 2.65 bits per heavy atom. The highest BCUT2D eigenvalue weighted by Gasteiger charge is 2.14. The molecule has 0 fully saturated rings. The summed E-state index contributed by atoms with van der Waals surface area (Å²) >= 11 is 0. The third-order valence-corrected chi connectivity index (χ3v) is 4.28. The number of aromatic nitrogens is 4. The molecule has 26 heavy (non-hydrogen) atoms. The van der Waals surface area contributed by atoms with Gasteiger partial charge in [0.25, 0.3) is 0 Å². The quantitative estimate of drug-likeness (QED) is 0.423. The third kappa shape index (κ3) is 5.57. The van der Waals surface area contributed by atoms with Crippen molar-refractivity contribution in [3.8, 4) is 0 Å². The predicted octanol–water partition coefficient (Wildman–Crippen LogP) is 1.85. The summed E-state index contributed by atoms with van der Waals surface area (Å²) in [4.78, 5) is 8.86. The van der Waals surface area contributed by atoms with Crippen molar-refractivity contribution in [2.24, 2.45) is 12.0 Å². The van der Waals surface area contributed by atoms with Gasteiger partial charge in [-0.05, 0) is 53.0 Å². The first-order chi connectivity index (χ1) is 12.4. The van der Waals surface area contributed by atoms with Crippen molar-refractivity contribution in [2.75, 3.05) is 13.1 Å². The van der Waals surface area contributed by atoms with E-state index in [-0.39, 0.29) is 6.04 Å². The van der Waals surface area contributed by atoms with E-state index in [0.29, 0.717) is 18.3 Å². The molecule has 1 atom stereocenters. The first-order valence-corrected chi connectivity index (χ1v) is 9.23. The van der Waals surface area contributed by atoms with Gasteiger partial charge in [-0.1, -0.05) is 5.16 Å². The van der Waals surface area contributed by atoms with Gasteiger partial charge in [0, 0.05) is 38.3 Å². The van der Waals surface area contributed by atoms with Gasteiger partial charge in [-0.15, -0.1) is 0 Å². The average molecular weight is 361 g/mol. The topological polar surface area (TPSA) is 93.2 Å². The minimum absolute atomic E-state index is 0.257. The molecule has 0 saturated heterocycles. The van der Waals surface area contributed by atoms with E-state index >= 15 is 0 Å². The van der Waals surface area contributed by atoms with Crippen LogP contribution in [-0.4, -0.2) is 45.0 Å². The zero-order valence-corrected chi connectivity index (χ0v) is 16.8. The van der Waals surface area contributed by atoms with Crippen molar-refractivity contribution in [2.45, 2.75) is 59.9 Å². The Kier molecular flexibility index (Phi) is 7.17. The molecule has 0 saturated carbocycles. The number of aliphatic imine (C=N–C) groups is 1. The largest absolute Gasteiger partial charge is 0.357 e. The molecule has 1 unspecified atom stereocenters. The van der Waals surface area contributed by atoms with Gasteiger partial charge in [0.05, 0.1) is 5.69 Å². The van der Waals surface area contributed by atoms with Gasteiger partial charge in [0.1, 0.15) is 0 Å². The fraction of sp³-hybridized carbons (Fsp3) is 0.667. The molecule has 0 bridgehead atoms. The molecule has 2 rings (SSSR count). The highest BCUT2D eigenvalue weighted by molar-refractivity contribution is 5.80. The van der Waals surface area contributed by atoms with E-state index in [1.165, 1.54) is 11.3 Å². The Bertz CT molecular complexity index is 732. The lowest BCUT2D eigenvalue weighted by Crippen LogP contribution is -2.43. The molecule has 8 heteroatoms. The SMILES string of the molecule is CCNC(=NCCCc1nc(C)no1)NC(C)Cc1c(C)nn(C)c1C. The first kappa shape index (κ1) is 19.9. The molecule has 144 valence electrons. The zero-order chi connectivity index (χ0) is 19.1. The van der Waals surface area contributed by atoms with Gasteiger partial charge < -0.3 is 15.2 Å². The van der Waals surface area contributed by atoms with Gasteiger partial charge in [-0.2, -0.15) is 10.1 Å². The lowest BCUT2D eigenvalue weighted by atomic mass is 10.1. The van der Waals surface area contributed by atoms with E-state index in [0.717, 1.165) is 37.5 Å². The Morgan fingerprint density at radius 1 is 1.31 bits per heavy atom. The van der Waals surface area contributed by atoms with Crippen LogP contribution in [0.15, 0.2) is 9.52 Å². The summed E-state index contributed by atoms with van der Waals surface area (Å²) in [7, 11) is 1.99. The molecule has 8 nitrogen and oxygen atoms in total. The molecule has 0 aliphatic rings. The summed E-state index contributed by atoms with van der Waals surface area (Å²) in [6, 6.07) is 0.257. The summed E-state index contributed by atoms with van der Waals surface area (Å²) in [5.74, 6) is 2.18. The minimum Gasteiger partial charge on any atom is -0.357 e. The normalized spacial score (nSPS) is 13.1. The summed E-state index contributed by atoms with van der Waals surface area (Å²) in [6.07, 6.45) is 2.53. The van der Waals surface area contributed by atoms with E-state index in [9.17, 15) is 0 Å². The number of nitrogens with zero attached hydrogens (tertiary/aromatic N) is 5. The van der Waals surface area contributed by atoms with E-state index in [2.05, 4.69) is 58.6 Å². The molecule has 0 amide bonds. The van der Waals surface area contributed by atoms with Crippen LogP contribution in [0.3, 0.4) is 0 Å². The second-order valence-corrected chi connectivity index (χ2v) is 6.62. The molecule has 0 aliphatic heterocycles. The van der Waals surface area contributed by atoms with Crippen LogP contribution in [-0.2, 0) is 19.9 Å². The number of hydrogen-bond acceptors (Lipinski definition) is 5. The Hall–Kier alpha value is -2.38. The molecule has 0 spiro atoms.